The predicted octanol–water partition coefficient (Wildman–Crippen LogP) is 2.14. The van der Waals surface area contributed by atoms with Crippen LogP contribution in [-0.4, -0.2) is 110 Å². The summed E-state index contributed by atoms with van der Waals surface area (Å²) in [5.41, 5.74) is 0.179. The van der Waals surface area contributed by atoms with Crippen LogP contribution in [0.25, 0.3) is 11.3 Å². The lowest BCUT2D eigenvalue weighted by Crippen LogP contribution is -2.63. The zero-order valence-electron chi connectivity index (χ0n) is 24.3. The number of carbonyl (C=O) groups is 2. The van der Waals surface area contributed by atoms with E-state index >= 15 is 0 Å². The second-order valence-electron chi connectivity index (χ2n) is 11.0. The van der Waals surface area contributed by atoms with Crippen molar-refractivity contribution in [3.8, 4) is 11.3 Å². The minimum Gasteiger partial charge on any atom is -0.394 e. The predicted molar refractivity (Wildman–Crippen MR) is 158 cm³/mol. The van der Waals surface area contributed by atoms with Crippen molar-refractivity contribution in [3.05, 3.63) is 63.8 Å². The number of likely N-dealkylation sites (tertiary alicyclic amines) is 1. The van der Waals surface area contributed by atoms with Crippen LogP contribution in [0, 0.1) is 18.6 Å². The smallest absolute Gasteiger partial charge is 0.259 e. The van der Waals surface area contributed by atoms with Gasteiger partial charge in [-0.15, -0.1) is 5.10 Å². The minimum atomic E-state index is -1.52. The van der Waals surface area contributed by atoms with Crippen molar-refractivity contribution >= 4 is 40.7 Å². The number of carbonyl (C=O) groups excluding carboxylic acids is 2. The van der Waals surface area contributed by atoms with E-state index in [0.717, 1.165) is 12.1 Å². The van der Waals surface area contributed by atoms with Gasteiger partial charge in [-0.25, -0.2) is 13.5 Å². The van der Waals surface area contributed by atoms with Gasteiger partial charge >= 0.3 is 0 Å². The highest BCUT2D eigenvalue weighted by Crippen LogP contribution is 2.37. The minimum absolute atomic E-state index is 0.0255. The number of ether oxygens (including phenoxy) is 2. The Hall–Kier alpha value is -3.24. The van der Waals surface area contributed by atoms with E-state index in [4.69, 9.17) is 32.7 Å². The number of β-amino-alcohol motifs (C(OH)–C–C–N with tert-alkyl or cyclic N) is 1. The van der Waals surface area contributed by atoms with E-state index in [2.05, 4.69) is 10.3 Å². The van der Waals surface area contributed by atoms with Crippen molar-refractivity contribution in [1.29, 1.82) is 0 Å². The maximum atomic E-state index is 14.5. The molecule has 2 aliphatic heterocycles. The summed E-state index contributed by atoms with van der Waals surface area (Å²) in [5, 5.41) is 40.8. The number of benzene rings is 2. The number of aromatic nitrogens is 3. The van der Waals surface area contributed by atoms with Gasteiger partial charge in [0.05, 0.1) is 24.9 Å². The van der Waals surface area contributed by atoms with Crippen LogP contribution in [0.2, 0.25) is 10.0 Å². The van der Waals surface area contributed by atoms with Crippen LogP contribution >= 0.6 is 23.2 Å². The van der Waals surface area contributed by atoms with Crippen molar-refractivity contribution in [1.82, 2.24) is 19.9 Å². The standard InChI is InChI=1S/C29H31Cl2F2N5O7/c1-13-19(32)4-15(5-20(13)33)21-9-37(35-34-21)25-26(42)24(12-39)45-28(27(25)44-3)29(43)38(18-7-16(30)6-17(31)8-18)22-10-36(14(2)40)11-23(22)41/h4-9,22-28,39,41-42H,10-12H2,1-3H3/t22-,23-,24?,25?,26?,27?,28?/m1/s1. The van der Waals surface area contributed by atoms with Gasteiger partial charge in [0.1, 0.15) is 41.7 Å². The molecule has 0 saturated carbocycles. The quantitative estimate of drug-likeness (QED) is 0.344. The number of rotatable bonds is 7. The van der Waals surface area contributed by atoms with E-state index in [-0.39, 0.29) is 51.6 Å². The van der Waals surface area contributed by atoms with E-state index in [9.17, 15) is 33.7 Å². The van der Waals surface area contributed by atoms with Crippen molar-refractivity contribution < 1.29 is 43.2 Å². The topological polar surface area (TPSA) is 150 Å². The van der Waals surface area contributed by atoms with Crippen LogP contribution in [0.1, 0.15) is 18.5 Å². The van der Waals surface area contributed by atoms with Crippen LogP contribution in [-0.2, 0) is 19.1 Å². The Morgan fingerprint density at radius 2 is 1.76 bits per heavy atom. The first kappa shape index (κ1) is 33.1. The second-order valence-corrected chi connectivity index (χ2v) is 11.9. The molecule has 2 amide bonds. The van der Waals surface area contributed by atoms with E-state index in [1.54, 1.807) is 0 Å². The van der Waals surface area contributed by atoms with E-state index in [1.807, 2.05) is 0 Å². The van der Waals surface area contributed by atoms with E-state index in [0.29, 0.717) is 0 Å². The first-order valence-electron chi connectivity index (χ1n) is 13.9. The molecule has 0 spiro atoms. The second kappa shape index (κ2) is 13.2. The maximum Gasteiger partial charge on any atom is 0.259 e. The summed E-state index contributed by atoms with van der Waals surface area (Å²) in [6.45, 7) is 1.86. The van der Waals surface area contributed by atoms with Crippen LogP contribution in [0.15, 0.2) is 36.5 Å². The molecular formula is C29H31Cl2F2N5O7. The lowest BCUT2D eigenvalue weighted by molar-refractivity contribution is -0.211. The highest BCUT2D eigenvalue weighted by molar-refractivity contribution is 6.35. The Morgan fingerprint density at radius 3 is 2.31 bits per heavy atom. The Kier molecular flexibility index (Phi) is 9.75. The van der Waals surface area contributed by atoms with Crippen LogP contribution in [0.4, 0.5) is 14.5 Å². The number of hydrogen-bond donors (Lipinski definition) is 3. The third kappa shape index (κ3) is 6.41. The van der Waals surface area contributed by atoms with Crippen LogP contribution < -0.4 is 4.90 Å². The Labute approximate surface area is 266 Å². The molecule has 45 heavy (non-hydrogen) atoms. The molecule has 0 radical (unpaired) electrons. The van der Waals surface area contributed by atoms with Gasteiger partial charge in [-0.1, -0.05) is 28.4 Å². The fraction of sp³-hybridized carbons (Fsp3) is 0.448. The number of hydrogen-bond acceptors (Lipinski definition) is 9. The summed E-state index contributed by atoms with van der Waals surface area (Å²) in [5.74, 6) is -2.64. The van der Waals surface area contributed by atoms with Crippen molar-refractivity contribution in [2.24, 2.45) is 0 Å². The molecule has 16 heteroatoms. The number of aliphatic hydroxyl groups is 3. The van der Waals surface area contributed by atoms with Gasteiger partial charge in [0.25, 0.3) is 5.91 Å². The average Bonchev–Trinajstić information content (AvgIpc) is 3.62. The summed E-state index contributed by atoms with van der Waals surface area (Å²) in [6.07, 6.45) is -5.42. The number of methoxy groups -OCH3 is 1. The molecular weight excluding hydrogens is 639 g/mol. The highest BCUT2D eigenvalue weighted by Gasteiger charge is 2.52. The molecule has 3 heterocycles. The molecule has 5 rings (SSSR count). The zero-order valence-corrected chi connectivity index (χ0v) is 25.9. The molecule has 12 nitrogen and oxygen atoms in total. The summed E-state index contributed by atoms with van der Waals surface area (Å²) in [4.78, 5) is 29.3. The zero-order chi connectivity index (χ0) is 32.7. The SMILES string of the molecule is COC1C(C(=O)N(c2cc(Cl)cc(Cl)c2)[C@@H]2CN(C(C)=O)C[C@H]2O)OC(CO)C(O)C1n1cc(-c2cc(F)c(C)c(F)c2)nn1. The average molecular weight is 670 g/mol. The van der Waals surface area contributed by atoms with Crippen molar-refractivity contribution in [3.63, 3.8) is 0 Å². The van der Waals surface area contributed by atoms with Gasteiger partial charge in [0.15, 0.2) is 6.10 Å². The Bertz CT molecular complexity index is 1550. The summed E-state index contributed by atoms with van der Waals surface area (Å²) in [7, 11) is 1.28. The molecule has 2 saturated heterocycles. The van der Waals surface area contributed by atoms with E-state index in [1.165, 1.54) is 59.8 Å². The van der Waals surface area contributed by atoms with Gasteiger partial charge in [-0.05, 0) is 37.3 Å². The molecule has 5 unspecified atom stereocenters. The molecule has 2 fully saturated rings. The first-order chi connectivity index (χ1) is 21.3. The number of nitrogens with zero attached hydrogens (tertiary/aromatic N) is 5. The molecule has 2 aromatic carbocycles. The molecule has 7 atom stereocenters. The molecule has 2 aliphatic rings. The number of halogens is 4. The molecule has 0 bridgehead atoms. The van der Waals surface area contributed by atoms with Gasteiger partial charge in [0.2, 0.25) is 5.91 Å². The fourth-order valence-corrected chi connectivity index (χ4v) is 6.30. The van der Waals surface area contributed by atoms with Gasteiger partial charge in [0, 0.05) is 54.0 Å². The normalized spacial score (nSPS) is 26.7. The highest BCUT2D eigenvalue weighted by atomic mass is 35.5. The summed E-state index contributed by atoms with van der Waals surface area (Å²) < 4.78 is 41.4. The molecule has 1 aromatic heterocycles. The van der Waals surface area contributed by atoms with Crippen LogP contribution in [0.5, 0.6) is 0 Å². The largest absolute Gasteiger partial charge is 0.394 e. The fourth-order valence-electron chi connectivity index (χ4n) is 5.79. The number of anilines is 1. The lowest BCUT2D eigenvalue weighted by Gasteiger charge is -2.45. The van der Waals surface area contributed by atoms with Crippen molar-refractivity contribution in [2.75, 3.05) is 31.7 Å². The van der Waals surface area contributed by atoms with Gasteiger partial charge < -0.3 is 34.6 Å². The summed E-state index contributed by atoms with van der Waals surface area (Å²) >= 11 is 12.5. The molecule has 0 aliphatic carbocycles. The Morgan fingerprint density at radius 1 is 1.11 bits per heavy atom. The summed E-state index contributed by atoms with van der Waals surface area (Å²) in [6, 6.07) is 4.41. The number of amides is 2. The van der Waals surface area contributed by atoms with Crippen LogP contribution in [0.3, 0.4) is 0 Å². The van der Waals surface area contributed by atoms with E-state index < -0.39 is 66.8 Å². The third-order valence-electron chi connectivity index (χ3n) is 8.17. The third-order valence-corrected chi connectivity index (χ3v) is 8.61. The van der Waals surface area contributed by atoms with Gasteiger partial charge in [-0.3, -0.25) is 9.59 Å². The maximum absolute atomic E-state index is 14.5. The Balaban J connectivity index is 1.56. The monoisotopic (exact) mass is 669 g/mol. The number of aliphatic hydroxyl groups excluding tert-OH is 3. The lowest BCUT2D eigenvalue weighted by atomic mass is 9.91. The molecule has 242 valence electrons. The molecule has 3 N–H and O–H groups in total. The first-order valence-corrected chi connectivity index (χ1v) is 14.7. The van der Waals surface area contributed by atoms with Crippen molar-refractivity contribution in [2.45, 2.75) is 56.5 Å². The van der Waals surface area contributed by atoms with Gasteiger partial charge in [-0.2, -0.15) is 0 Å². The molecule has 3 aromatic rings.